The van der Waals surface area contributed by atoms with Crippen molar-refractivity contribution in [1.82, 2.24) is 5.32 Å². The molecule has 1 amide bonds. The van der Waals surface area contributed by atoms with E-state index in [-0.39, 0.29) is 18.6 Å². The number of carbonyl (C=O) groups is 2. The standard InChI is InChI=1S/C15H22N2O3/c1-4-6-11(3)17-13(18)9-20-15(19)12-8-5-7-10(2)14(12)16/h5,7-8,11H,4,6,9,16H2,1-3H3,(H,17,18)/t11-/m1/s1. The SMILES string of the molecule is CCC[C@@H](C)NC(=O)COC(=O)c1cccc(C)c1N. The molecule has 0 aliphatic heterocycles. The molecule has 0 aliphatic carbocycles. The smallest absolute Gasteiger partial charge is 0.340 e. The third kappa shape index (κ3) is 4.57. The van der Waals surface area contributed by atoms with E-state index in [1.165, 1.54) is 0 Å². The number of anilines is 1. The quantitative estimate of drug-likeness (QED) is 0.616. The summed E-state index contributed by atoms with van der Waals surface area (Å²) in [6, 6.07) is 5.20. The fourth-order valence-electron chi connectivity index (χ4n) is 1.89. The average Bonchev–Trinajstić information content (AvgIpc) is 2.39. The molecule has 0 saturated carbocycles. The van der Waals surface area contributed by atoms with Crippen LogP contribution in [0.4, 0.5) is 5.69 Å². The molecule has 0 fully saturated rings. The van der Waals surface area contributed by atoms with Crippen LogP contribution in [0.2, 0.25) is 0 Å². The van der Waals surface area contributed by atoms with E-state index in [1.807, 2.05) is 26.8 Å². The Balaban J connectivity index is 2.51. The minimum atomic E-state index is -0.579. The number of benzene rings is 1. The maximum atomic E-state index is 11.9. The van der Waals surface area contributed by atoms with Crippen molar-refractivity contribution in [2.45, 2.75) is 39.7 Å². The Bertz CT molecular complexity index is 486. The number of carbonyl (C=O) groups excluding carboxylic acids is 2. The van der Waals surface area contributed by atoms with Gasteiger partial charge in [-0.2, -0.15) is 0 Å². The van der Waals surface area contributed by atoms with Gasteiger partial charge < -0.3 is 15.8 Å². The topological polar surface area (TPSA) is 81.4 Å². The molecule has 0 heterocycles. The number of nitrogens with two attached hydrogens (primary N) is 1. The lowest BCUT2D eigenvalue weighted by Crippen LogP contribution is -2.35. The monoisotopic (exact) mass is 278 g/mol. The first kappa shape index (κ1) is 16.0. The van der Waals surface area contributed by atoms with E-state index in [2.05, 4.69) is 5.32 Å². The van der Waals surface area contributed by atoms with Crippen LogP contribution in [0.3, 0.4) is 0 Å². The van der Waals surface area contributed by atoms with Crippen molar-refractivity contribution in [3.63, 3.8) is 0 Å². The van der Waals surface area contributed by atoms with Gasteiger partial charge in [-0.15, -0.1) is 0 Å². The number of esters is 1. The molecule has 5 heteroatoms. The second-order valence-corrected chi connectivity index (χ2v) is 4.87. The van der Waals surface area contributed by atoms with Crippen LogP contribution in [0.5, 0.6) is 0 Å². The Hall–Kier alpha value is -2.04. The largest absolute Gasteiger partial charge is 0.452 e. The molecule has 0 aromatic heterocycles. The van der Waals surface area contributed by atoms with Crippen molar-refractivity contribution in [3.05, 3.63) is 29.3 Å². The number of hydrogen-bond donors (Lipinski definition) is 2. The van der Waals surface area contributed by atoms with Gasteiger partial charge >= 0.3 is 5.97 Å². The van der Waals surface area contributed by atoms with Crippen molar-refractivity contribution < 1.29 is 14.3 Å². The van der Waals surface area contributed by atoms with Gasteiger partial charge in [0.1, 0.15) is 0 Å². The van der Waals surface area contributed by atoms with E-state index < -0.39 is 5.97 Å². The number of nitrogens with one attached hydrogen (secondary N) is 1. The zero-order chi connectivity index (χ0) is 15.1. The first-order valence-corrected chi connectivity index (χ1v) is 6.77. The van der Waals surface area contributed by atoms with E-state index in [0.717, 1.165) is 18.4 Å². The van der Waals surface area contributed by atoms with Crippen molar-refractivity contribution in [1.29, 1.82) is 0 Å². The summed E-state index contributed by atoms with van der Waals surface area (Å²) < 4.78 is 4.97. The molecule has 0 spiro atoms. The lowest BCUT2D eigenvalue weighted by molar-refractivity contribution is -0.124. The number of aryl methyl sites for hydroxylation is 1. The zero-order valence-corrected chi connectivity index (χ0v) is 12.2. The minimum absolute atomic E-state index is 0.0789. The number of nitrogen functional groups attached to an aromatic ring is 1. The summed E-state index contributed by atoms with van der Waals surface area (Å²) >= 11 is 0. The molecule has 110 valence electrons. The van der Waals surface area contributed by atoms with Gasteiger partial charge in [-0.25, -0.2) is 4.79 Å². The van der Waals surface area contributed by atoms with E-state index in [9.17, 15) is 9.59 Å². The minimum Gasteiger partial charge on any atom is -0.452 e. The molecule has 0 saturated heterocycles. The zero-order valence-electron chi connectivity index (χ0n) is 12.2. The average molecular weight is 278 g/mol. The van der Waals surface area contributed by atoms with Gasteiger partial charge in [-0.3, -0.25) is 4.79 Å². The van der Waals surface area contributed by atoms with Crippen LogP contribution >= 0.6 is 0 Å². The van der Waals surface area contributed by atoms with E-state index in [0.29, 0.717) is 11.3 Å². The molecule has 5 nitrogen and oxygen atoms in total. The van der Waals surface area contributed by atoms with Crippen LogP contribution in [0, 0.1) is 6.92 Å². The van der Waals surface area contributed by atoms with E-state index in [1.54, 1.807) is 12.1 Å². The molecule has 3 N–H and O–H groups in total. The van der Waals surface area contributed by atoms with Gasteiger partial charge in [0.25, 0.3) is 5.91 Å². The molecule has 0 radical (unpaired) electrons. The molecule has 0 bridgehead atoms. The Morgan fingerprint density at radius 2 is 2.10 bits per heavy atom. The van der Waals surface area contributed by atoms with E-state index in [4.69, 9.17) is 10.5 Å². The van der Waals surface area contributed by atoms with E-state index >= 15 is 0 Å². The lowest BCUT2D eigenvalue weighted by Gasteiger charge is -2.13. The second kappa shape index (κ2) is 7.53. The highest BCUT2D eigenvalue weighted by molar-refractivity contribution is 5.96. The van der Waals surface area contributed by atoms with Gasteiger partial charge in [0.2, 0.25) is 0 Å². The van der Waals surface area contributed by atoms with Gasteiger partial charge in [-0.05, 0) is 31.9 Å². The fourth-order valence-corrected chi connectivity index (χ4v) is 1.89. The Morgan fingerprint density at radius 3 is 2.75 bits per heavy atom. The van der Waals surface area contributed by atoms with Gasteiger partial charge in [0, 0.05) is 11.7 Å². The normalized spacial score (nSPS) is 11.8. The highest BCUT2D eigenvalue weighted by Gasteiger charge is 2.14. The summed E-state index contributed by atoms with van der Waals surface area (Å²) in [5.41, 5.74) is 7.29. The summed E-state index contributed by atoms with van der Waals surface area (Å²) in [4.78, 5) is 23.4. The molecular formula is C15H22N2O3. The van der Waals surface area contributed by atoms with Crippen LogP contribution < -0.4 is 11.1 Å². The van der Waals surface area contributed by atoms with Crippen LogP contribution in [-0.2, 0) is 9.53 Å². The van der Waals surface area contributed by atoms with Crippen molar-refractivity contribution >= 4 is 17.6 Å². The molecule has 1 atom stereocenters. The summed E-state index contributed by atoms with van der Waals surface area (Å²) in [6.07, 6.45) is 1.88. The lowest BCUT2D eigenvalue weighted by atomic mass is 10.1. The Morgan fingerprint density at radius 1 is 1.40 bits per heavy atom. The Labute approximate surface area is 119 Å². The summed E-state index contributed by atoms with van der Waals surface area (Å²) in [7, 11) is 0. The summed E-state index contributed by atoms with van der Waals surface area (Å²) in [5.74, 6) is -0.880. The van der Waals surface area contributed by atoms with Gasteiger partial charge in [0.15, 0.2) is 6.61 Å². The molecule has 20 heavy (non-hydrogen) atoms. The second-order valence-electron chi connectivity index (χ2n) is 4.87. The molecule has 1 rings (SSSR count). The predicted octanol–water partition coefficient (Wildman–Crippen LogP) is 2.04. The first-order chi connectivity index (χ1) is 9.45. The molecular weight excluding hydrogens is 256 g/mol. The number of amides is 1. The molecule has 1 aromatic carbocycles. The number of rotatable bonds is 6. The predicted molar refractivity (Wildman–Crippen MR) is 78.4 cm³/mol. The maximum absolute atomic E-state index is 11.9. The molecule has 0 aliphatic rings. The maximum Gasteiger partial charge on any atom is 0.340 e. The number of ether oxygens (including phenoxy) is 1. The van der Waals surface area contributed by atoms with Gasteiger partial charge in [-0.1, -0.05) is 25.5 Å². The first-order valence-electron chi connectivity index (χ1n) is 6.77. The summed E-state index contributed by atoms with van der Waals surface area (Å²) in [6.45, 7) is 5.48. The molecule has 1 aromatic rings. The fraction of sp³-hybridized carbons (Fsp3) is 0.467. The Kier molecular flexibility index (Phi) is 6.03. The molecule has 0 unspecified atom stereocenters. The number of hydrogen-bond acceptors (Lipinski definition) is 4. The van der Waals surface area contributed by atoms with Gasteiger partial charge in [0.05, 0.1) is 5.56 Å². The van der Waals surface area contributed by atoms with Crippen LogP contribution in [0.1, 0.15) is 42.6 Å². The van der Waals surface area contributed by atoms with Crippen molar-refractivity contribution in [2.75, 3.05) is 12.3 Å². The number of para-hydroxylation sites is 1. The highest BCUT2D eigenvalue weighted by Crippen LogP contribution is 2.17. The third-order valence-corrected chi connectivity index (χ3v) is 3.01. The van der Waals surface area contributed by atoms with Crippen LogP contribution in [0.15, 0.2) is 18.2 Å². The summed E-state index contributed by atoms with van der Waals surface area (Å²) in [5, 5.41) is 2.77. The highest BCUT2D eigenvalue weighted by atomic mass is 16.5. The third-order valence-electron chi connectivity index (χ3n) is 3.01. The van der Waals surface area contributed by atoms with Crippen LogP contribution in [0.25, 0.3) is 0 Å². The van der Waals surface area contributed by atoms with Crippen molar-refractivity contribution in [3.8, 4) is 0 Å². The van der Waals surface area contributed by atoms with Crippen molar-refractivity contribution in [2.24, 2.45) is 0 Å². The van der Waals surface area contributed by atoms with Crippen LogP contribution in [-0.4, -0.2) is 24.5 Å².